The summed E-state index contributed by atoms with van der Waals surface area (Å²) in [7, 11) is -1.67. The summed E-state index contributed by atoms with van der Waals surface area (Å²) >= 11 is 6.53. The molecule has 0 unspecified atom stereocenters. The van der Waals surface area contributed by atoms with Crippen molar-refractivity contribution in [2.45, 2.75) is 57.7 Å². The number of halogens is 1. The lowest BCUT2D eigenvalue weighted by molar-refractivity contribution is -0.148. The van der Waals surface area contributed by atoms with Crippen LogP contribution in [0.3, 0.4) is 0 Å². The smallest absolute Gasteiger partial charge is 0.327 e. The lowest BCUT2D eigenvalue weighted by Crippen LogP contribution is -2.59. The van der Waals surface area contributed by atoms with Crippen molar-refractivity contribution in [3.8, 4) is 0 Å². The number of likely N-dealkylation sites (tertiary alicyclic amines) is 1. The number of nitrogens with one attached hydrogen (secondary N) is 1. The van der Waals surface area contributed by atoms with Gasteiger partial charge in [-0.25, -0.2) is 23.2 Å². The molecule has 0 spiro atoms. The highest BCUT2D eigenvalue weighted by atomic mass is 35.5. The number of anilines is 2. The number of piperidine rings is 1. The Kier molecular flexibility index (Phi) is 11.4. The molecule has 4 rings (SSSR count). The molecular weight excluding hydrogens is 606 g/mol. The number of nitrogens with zero attached hydrogens (tertiary/aromatic N) is 5. The van der Waals surface area contributed by atoms with Gasteiger partial charge in [0.15, 0.2) is 22.5 Å². The number of ether oxygens (including phenoxy) is 1. The van der Waals surface area contributed by atoms with Crippen LogP contribution >= 0.6 is 11.6 Å². The number of hydrogen-bond donors (Lipinski definition) is 2. The summed E-state index contributed by atoms with van der Waals surface area (Å²) in [6.07, 6.45) is 4.25. The van der Waals surface area contributed by atoms with E-state index in [1.54, 1.807) is 0 Å². The molecule has 1 aromatic heterocycles. The zero-order chi connectivity index (χ0) is 32.0. The molecule has 242 valence electrons. The van der Waals surface area contributed by atoms with E-state index in [0.29, 0.717) is 24.9 Å². The molecule has 2 aliphatic heterocycles. The topological polar surface area (TPSA) is 151 Å². The molecule has 2 atom stereocenters. The number of rotatable bonds is 11. The van der Waals surface area contributed by atoms with Crippen LogP contribution in [0.2, 0.25) is 5.15 Å². The summed E-state index contributed by atoms with van der Waals surface area (Å²) in [5, 5.41) is 2.73. The van der Waals surface area contributed by atoms with E-state index in [2.05, 4.69) is 36.9 Å². The number of sulfone groups is 1. The normalized spacial score (nSPS) is 19.5. The fourth-order valence-electron chi connectivity index (χ4n) is 6.14. The van der Waals surface area contributed by atoms with Crippen molar-refractivity contribution >= 4 is 45.0 Å². The van der Waals surface area contributed by atoms with Gasteiger partial charge in [0, 0.05) is 57.6 Å². The number of carbonyl (C=O) groups excluding carboxylic acids is 2. The van der Waals surface area contributed by atoms with E-state index in [-0.39, 0.29) is 47.4 Å². The summed E-state index contributed by atoms with van der Waals surface area (Å²) in [6.45, 7) is 8.12. The van der Waals surface area contributed by atoms with Crippen molar-refractivity contribution in [3.05, 3.63) is 46.2 Å². The van der Waals surface area contributed by atoms with Crippen molar-refractivity contribution in [2.75, 3.05) is 69.0 Å². The average molecular weight is 650 g/mol. The van der Waals surface area contributed by atoms with Crippen LogP contribution < -0.4 is 16.0 Å². The minimum atomic E-state index is -3.11. The molecule has 3 heterocycles. The number of nitrogens with two attached hydrogens (primary N) is 1. The van der Waals surface area contributed by atoms with E-state index >= 15 is 0 Å². The minimum Gasteiger partial charge on any atom is -0.468 e. The standard InChI is InChI=1S/C30H44ClN7O5S/c1-5-22-19-37(28-26(31)34-24(27(32)35-28)29(39)33-13-6-18-44(4,41)42)16-17-38(22)23-11-14-36(15-12-23)25(30(40)43-3)21-9-7-20(2)8-10-21/h7-10,22-23,25H,5-6,11-19H2,1-4H3,(H2,32,35)(H,33,39)/t22-,25+/m0/s1. The molecule has 0 bridgehead atoms. The van der Waals surface area contributed by atoms with E-state index in [0.717, 1.165) is 56.3 Å². The molecular formula is C30H44ClN7O5S. The third-order valence-corrected chi connectivity index (χ3v) is 9.79. The van der Waals surface area contributed by atoms with Gasteiger partial charge in [0.05, 0.1) is 12.9 Å². The average Bonchev–Trinajstić information content (AvgIpc) is 3.00. The maximum atomic E-state index is 12.8. The monoisotopic (exact) mass is 649 g/mol. The van der Waals surface area contributed by atoms with Gasteiger partial charge in [-0.3, -0.25) is 14.6 Å². The van der Waals surface area contributed by atoms with E-state index < -0.39 is 21.8 Å². The number of amides is 1. The van der Waals surface area contributed by atoms with Gasteiger partial charge in [0.2, 0.25) is 0 Å². The molecule has 1 aromatic carbocycles. The summed E-state index contributed by atoms with van der Waals surface area (Å²) in [5.74, 6) is -0.387. The third-order valence-electron chi connectivity index (χ3n) is 8.51. The van der Waals surface area contributed by atoms with Gasteiger partial charge in [-0.1, -0.05) is 48.4 Å². The van der Waals surface area contributed by atoms with Crippen LogP contribution in [0.1, 0.15) is 60.3 Å². The molecule has 44 heavy (non-hydrogen) atoms. The molecule has 1 amide bonds. The number of esters is 1. The fourth-order valence-corrected chi connectivity index (χ4v) is 7.06. The van der Waals surface area contributed by atoms with Crippen LogP contribution in [-0.4, -0.2) is 111 Å². The molecule has 0 radical (unpaired) electrons. The van der Waals surface area contributed by atoms with E-state index in [9.17, 15) is 18.0 Å². The van der Waals surface area contributed by atoms with Gasteiger partial charge in [-0.15, -0.1) is 0 Å². The molecule has 2 aliphatic rings. The zero-order valence-electron chi connectivity index (χ0n) is 26.0. The number of carbonyl (C=O) groups is 2. The second-order valence-corrected chi connectivity index (χ2v) is 14.3. The first-order chi connectivity index (χ1) is 20.9. The number of piperazine rings is 1. The molecule has 0 aliphatic carbocycles. The van der Waals surface area contributed by atoms with Gasteiger partial charge in [0.1, 0.15) is 15.9 Å². The van der Waals surface area contributed by atoms with Gasteiger partial charge in [-0.2, -0.15) is 0 Å². The first kappa shape index (κ1) is 33.9. The number of methoxy groups -OCH3 is 1. The van der Waals surface area contributed by atoms with Crippen molar-refractivity contribution in [1.82, 2.24) is 25.1 Å². The zero-order valence-corrected chi connectivity index (χ0v) is 27.5. The fraction of sp³-hybridized carbons (Fsp3) is 0.600. The van der Waals surface area contributed by atoms with Crippen LogP contribution in [0, 0.1) is 6.92 Å². The highest BCUT2D eigenvalue weighted by molar-refractivity contribution is 7.90. The van der Waals surface area contributed by atoms with Crippen LogP contribution in [0.25, 0.3) is 0 Å². The molecule has 2 aromatic rings. The highest BCUT2D eigenvalue weighted by Crippen LogP contribution is 2.32. The van der Waals surface area contributed by atoms with Crippen molar-refractivity contribution in [1.29, 1.82) is 0 Å². The SMILES string of the molecule is CC[C@H]1CN(c2nc(N)c(C(=O)NCCCS(C)(=O)=O)nc2Cl)CCN1C1CCN([C@@H](C(=O)OC)c2ccc(C)cc2)CC1. The number of nitrogen functional groups attached to an aromatic ring is 1. The molecule has 2 fully saturated rings. The van der Waals surface area contributed by atoms with Gasteiger partial charge in [-0.05, 0) is 38.2 Å². The Balaban J connectivity index is 1.37. The van der Waals surface area contributed by atoms with Crippen molar-refractivity contribution < 1.29 is 22.7 Å². The van der Waals surface area contributed by atoms with Gasteiger partial charge < -0.3 is 20.7 Å². The largest absolute Gasteiger partial charge is 0.468 e. The number of benzene rings is 1. The molecule has 0 saturated carbocycles. The predicted molar refractivity (Wildman–Crippen MR) is 172 cm³/mol. The second kappa shape index (κ2) is 14.9. The molecule has 14 heteroatoms. The Morgan fingerprint density at radius 1 is 1.14 bits per heavy atom. The van der Waals surface area contributed by atoms with Gasteiger partial charge >= 0.3 is 5.97 Å². The quantitative estimate of drug-likeness (QED) is 0.273. The Morgan fingerprint density at radius 3 is 2.43 bits per heavy atom. The van der Waals surface area contributed by atoms with Gasteiger partial charge in [0.25, 0.3) is 5.91 Å². The highest BCUT2D eigenvalue weighted by Gasteiger charge is 2.37. The summed E-state index contributed by atoms with van der Waals surface area (Å²) < 4.78 is 27.8. The Hall–Kier alpha value is -3.00. The van der Waals surface area contributed by atoms with Crippen LogP contribution in [-0.2, 0) is 19.4 Å². The lowest BCUT2D eigenvalue weighted by atomic mass is 9.95. The van der Waals surface area contributed by atoms with Crippen LogP contribution in [0.4, 0.5) is 11.6 Å². The summed E-state index contributed by atoms with van der Waals surface area (Å²) in [4.78, 5) is 41.0. The van der Waals surface area contributed by atoms with Crippen LogP contribution in [0.15, 0.2) is 24.3 Å². The van der Waals surface area contributed by atoms with E-state index in [1.807, 2.05) is 31.2 Å². The maximum absolute atomic E-state index is 12.8. The predicted octanol–water partition coefficient (Wildman–Crippen LogP) is 2.46. The molecule has 12 nitrogen and oxygen atoms in total. The van der Waals surface area contributed by atoms with Crippen molar-refractivity contribution in [3.63, 3.8) is 0 Å². The van der Waals surface area contributed by atoms with Crippen LogP contribution in [0.5, 0.6) is 0 Å². The summed E-state index contributed by atoms with van der Waals surface area (Å²) in [6, 6.07) is 8.31. The van der Waals surface area contributed by atoms with E-state index in [1.165, 1.54) is 7.11 Å². The van der Waals surface area contributed by atoms with E-state index in [4.69, 9.17) is 22.1 Å². The minimum absolute atomic E-state index is 0.0263. The van der Waals surface area contributed by atoms with Crippen molar-refractivity contribution in [2.24, 2.45) is 0 Å². The lowest BCUT2D eigenvalue weighted by Gasteiger charge is -2.48. The Labute approximate surface area is 265 Å². The first-order valence-corrected chi connectivity index (χ1v) is 17.5. The molecule has 3 N–H and O–H groups in total. The number of aryl methyl sites for hydroxylation is 1. The third kappa shape index (κ3) is 8.38. The molecule has 2 saturated heterocycles. The first-order valence-electron chi connectivity index (χ1n) is 15.1. The Bertz CT molecular complexity index is 1420. The maximum Gasteiger partial charge on any atom is 0.327 e. The number of aromatic nitrogens is 2. The number of hydrogen-bond acceptors (Lipinski definition) is 11. The summed E-state index contributed by atoms with van der Waals surface area (Å²) in [5.41, 5.74) is 8.16. The Morgan fingerprint density at radius 2 is 1.82 bits per heavy atom. The second-order valence-electron chi connectivity index (χ2n) is 11.7.